The van der Waals surface area contributed by atoms with Crippen LogP contribution in [0.5, 0.6) is 5.75 Å². The summed E-state index contributed by atoms with van der Waals surface area (Å²) in [5, 5.41) is 0. The number of para-hydroxylation sites is 1. The Morgan fingerprint density at radius 2 is 1.78 bits per heavy atom. The first-order chi connectivity index (χ1) is 11.1. The standard InChI is InChI=1S/C21H26NO/c1-5-16(2)22(3)15-14-19(20-8-6-7-9-21(20)22)17-10-12-18(23-4)13-11-17/h6-16,19H,5H2,1-4H3/q+1. The van der Waals surface area contributed by atoms with Gasteiger partial charge in [0, 0.05) is 11.5 Å². The summed E-state index contributed by atoms with van der Waals surface area (Å²) in [6.45, 7) is 4.59. The highest BCUT2D eigenvalue weighted by Gasteiger charge is 2.36. The molecule has 0 amide bonds. The molecule has 2 heteroatoms. The number of nitrogens with zero attached hydrogens (tertiary/aromatic N) is 1. The lowest BCUT2D eigenvalue weighted by atomic mass is 9.86. The molecule has 2 aromatic carbocycles. The Kier molecular flexibility index (Phi) is 4.27. The molecule has 1 aliphatic heterocycles. The molecule has 0 N–H and O–H groups in total. The highest BCUT2D eigenvalue weighted by Crippen LogP contribution is 2.42. The Hall–Kier alpha value is -2.06. The predicted molar refractivity (Wildman–Crippen MR) is 97.9 cm³/mol. The average Bonchev–Trinajstić information content (AvgIpc) is 2.61. The number of quaternary nitrogens is 1. The fourth-order valence-electron chi connectivity index (χ4n) is 3.50. The lowest BCUT2D eigenvalue weighted by Gasteiger charge is -2.40. The summed E-state index contributed by atoms with van der Waals surface area (Å²) in [6.07, 6.45) is 5.88. The number of rotatable bonds is 4. The molecular weight excluding hydrogens is 282 g/mol. The summed E-state index contributed by atoms with van der Waals surface area (Å²) >= 11 is 0. The van der Waals surface area contributed by atoms with Gasteiger partial charge < -0.3 is 4.74 Å². The molecule has 0 spiro atoms. The van der Waals surface area contributed by atoms with E-state index in [2.05, 4.69) is 69.6 Å². The minimum atomic E-state index is 0.312. The summed E-state index contributed by atoms with van der Waals surface area (Å²) < 4.78 is 6.16. The molecule has 1 heterocycles. The Morgan fingerprint density at radius 1 is 1.09 bits per heavy atom. The summed E-state index contributed by atoms with van der Waals surface area (Å²) in [4.78, 5) is 0. The van der Waals surface area contributed by atoms with Crippen LogP contribution in [0.25, 0.3) is 0 Å². The number of hydrogen-bond acceptors (Lipinski definition) is 1. The molecule has 23 heavy (non-hydrogen) atoms. The molecule has 120 valence electrons. The molecular formula is C21H26NO+. The molecule has 0 saturated heterocycles. The maximum absolute atomic E-state index is 5.28. The SMILES string of the molecule is CCC(C)[N+]1(C)C=CC(c2ccc(OC)cc2)c2ccccc21. The third-order valence-corrected chi connectivity index (χ3v) is 5.36. The van der Waals surface area contributed by atoms with E-state index in [0.717, 1.165) is 16.7 Å². The average molecular weight is 308 g/mol. The minimum Gasteiger partial charge on any atom is -0.497 e. The zero-order chi connectivity index (χ0) is 16.4. The highest BCUT2D eigenvalue weighted by molar-refractivity contribution is 5.60. The summed E-state index contributed by atoms with van der Waals surface area (Å²) in [6, 6.07) is 17.8. The lowest BCUT2D eigenvalue weighted by molar-refractivity contribution is 0.330. The third kappa shape index (κ3) is 2.68. The van der Waals surface area contributed by atoms with Gasteiger partial charge in [-0.3, -0.25) is 4.48 Å². The molecule has 3 rings (SSSR count). The normalized spacial score (nSPS) is 24.1. The first-order valence-electron chi connectivity index (χ1n) is 8.39. The van der Waals surface area contributed by atoms with Gasteiger partial charge >= 0.3 is 0 Å². The van der Waals surface area contributed by atoms with Gasteiger partial charge in [-0.2, -0.15) is 0 Å². The Morgan fingerprint density at radius 3 is 2.43 bits per heavy atom. The van der Waals surface area contributed by atoms with E-state index >= 15 is 0 Å². The number of benzene rings is 2. The van der Waals surface area contributed by atoms with E-state index in [1.54, 1.807) is 7.11 Å². The molecule has 0 bridgehead atoms. The van der Waals surface area contributed by atoms with Gasteiger partial charge in [0.2, 0.25) is 0 Å². The van der Waals surface area contributed by atoms with Crippen LogP contribution in [0.15, 0.2) is 60.8 Å². The van der Waals surface area contributed by atoms with Crippen LogP contribution in [0.1, 0.15) is 37.3 Å². The maximum Gasteiger partial charge on any atom is 0.141 e. The van der Waals surface area contributed by atoms with E-state index < -0.39 is 0 Å². The number of fused-ring (bicyclic) bond motifs is 1. The van der Waals surface area contributed by atoms with Crippen LogP contribution in [0.3, 0.4) is 0 Å². The van der Waals surface area contributed by atoms with Crippen LogP contribution in [0.4, 0.5) is 5.69 Å². The van der Waals surface area contributed by atoms with Crippen LogP contribution >= 0.6 is 0 Å². The Balaban J connectivity index is 2.07. The van der Waals surface area contributed by atoms with Crippen molar-refractivity contribution in [3.63, 3.8) is 0 Å². The minimum absolute atomic E-state index is 0.312. The van der Waals surface area contributed by atoms with Crippen LogP contribution in [0, 0.1) is 0 Å². The Bertz CT molecular complexity index is 704. The largest absolute Gasteiger partial charge is 0.497 e. The topological polar surface area (TPSA) is 9.23 Å². The molecule has 2 nitrogen and oxygen atoms in total. The third-order valence-electron chi connectivity index (χ3n) is 5.36. The predicted octanol–water partition coefficient (Wildman–Crippen LogP) is 5.09. The molecule has 3 unspecified atom stereocenters. The van der Waals surface area contributed by atoms with Gasteiger partial charge in [-0.05, 0) is 43.2 Å². The van der Waals surface area contributed by atoms with E-state index in [9.17, 15) is 0 Å². The first-order valence-corrected chi connectivity index (χ1v) is 8.39. The lowest BCUT2D eigenvalue weighted by Crippen LogP contribution is -2.49. The first kappa shape index (κ1) is 15.8. The van der Waals surface area contributed by atoms with Gasteiger partial charge in [0.1, 0.15) is 11.4 Å². The zero-order valence-electron chi connectivity index (χ0n) is 14.5. The van der Waals surface area contributed by atoms with Gasteiger partial charge in [-0.15, -0.1) is 0 Å². The quantitative estimate of drug-likeness (QED) is 0.715. The van der Waals surface area contributed by atoms with Crippen molar-refractivity contribution < 1.29 is 4.74 Å². The number of hydrogen-bond donors (Lipinski definition) is 0. The van der Waals surface area contributed by atoms with Crippen molar-refractivity contribution in [1.29, 1.82) is 0 Å². The second kappa shape index (κ2) is 6.21. The Labute approximate surface area is 139 Å². The van der Waals surface area contributed by atoms with Gasteiger partial charge in [-0.25, -0.2) is 0 Å². The second-order valence-corrected chi connectivity index (χ2v) is 6.56. The van der Waals surface area contributed by atoms with E-state index in [1.165, 1.54) is 16.8 Å². The summed E-state index contributed by atoms with van der Waals surface area (Å²) in [7, 11) is 4.02. The van der Waals surface area contributed by atoms with Crippen molar-refractivity contribution in [3.05, 3.63) is 71.9 Å². The number of methoxy groups -OCH3 is 1. The van der Waals surface area contributed by atoms with E-state index in [-0.39, 0.29) is 0 Å². The fraction of sp³-hybridized carbons (Fsp3) is 0.333. The van der Waals surface area contributed by atoms with Gasteiger partial charge in [0.05, 0.1) is 26.4 Å². The molecule has 0 saturated carbocycles. The maximum atomic E-state index is 5.28. The summed E-state index contributed by atoms with van der Waals surface area (Å²) in [5.41, 5.74) is 4.12. The van der Waals surface area contributed by atoms with E-state index in [1.807, 2.05) is 12.1 Å². The van der Waals surface area contributed by atoms with Crippen molar-refractivity contribution in [1.82, 2.24) is 4.48 Å². The molecule has 0 aliphatic carbocycles. The van der Waals surface area contributed by atoms with Crippen LogP contribution < -0.4 is 9.22 Å². The van der Waals surface area contributed by atoms with Crippen molar-refractivity contribution in [3.8, 4) is 5.75 Å². The molecule has 0 aromatic heterocycles. The van der Waals surface area contributed by atoms with Crippen LogP contribution in [-0.2, 0) is 0 Å². The number of allylic oxidation sites excluding steroid dienone is 1. The van der Waals surface area contributed by atoms with E-state index in [0.29, 0.717) is 12.0 Å². The van der Waals surface area contributed by atoms with Gasteiger partial charge in [0.25, 0.3) is 0 Å². The summed E-state index contributed by atoms with van der Waals surface area (Å²) in [5.74, 6) is 1.22. The molecule has 0 radical (unpaired) electrons. The zero-order valence-corrected chi connectivity index (χ0v) is 14.5. The fourth-order valence-corrected chi connectivity index (χ4v) is 3.50. The number of ether oxygens (including phenoxy) is 1. The van der Waals surface area contributed by atoms with Gasteiger partial charge in [0.15, 0.2) is 0 Å². The molecule has 0 fully saturated rings. The smallest absolute Gasteiger partial charge is 0.141 e. The van der Waals surface area contributed by atoms with Crippen LogP contribution in [-0.4, -0.2) is 20.2 Å². The van der Waals surface area contributed by atoms with Crippen molar-refractivity contribution in [2.45, 2.75) is 32.2 Å². The van der Waals surface area contributed by atoms with Crippen molar-refractivity contribution in [2.75, 3.05) is 14.2 Å². The van der Waals surface area contributed by atoms with Crippen molar-refractivity contribution in [2.24, 2.45) is 0 Å². The monoisotopic (exact) mass is 308 g/mol. The van der Waals surface area contributed by atoms with Gasteiger partial charge in [-0.1, -0.05) is 37.3 Å². The van der Waals surface area contributed by atoms with Crippen LogP contribution in [0.2, 0.25) is 0 Å². The molecule has 1 aliphatic rings. The van der Waals surface area contributed by atoms with E-state index in [4.69, 9.17) is 4.74 Å². The molecule has 2 aromatic rings. The van der Waals surface area contributed by atoms with Crippen molar-refractivity contribution >= 4 is 5.69 Å². The molecule has 3 atom stereocenters. The highest BCUT2D eigenvalue weighted by atomic mass is 16.5. The second-order valence-electron chi connectivity index (χ2n) is 6.56.